The van der Waals surface area contributed by atoms with Crippen molar-refractivity contribution in [2.75, 3.05) is 5.32 Å². The zero-order chi connectivity index (χ0) is 13.8. The number of nitrogens with zero attached hydrogens (tertiary/aromatic N) is 3. The molecule has 0 fully saturated rings. The van der Waals surface area contributed by atoms with E-state index in [4.69, 9.17) is 11.6 Å². The summed E-state index contributed by atoms with van der Waals surface area (Å²) in [5.74, 6) is 0.661. The van der Waals surface area contributed by atoms with E-state index in [1.54, 1.807) is 24.8 Å². The van der Waals surface area contributed by atoms with Gasteiger partial charge >= 0.3 is 0 Å². The van der Waals surface area contributed by atoms with Crippen LogP contribution in [0.1, 0.15) is 0 Å². The van der Waals surface area contributed by atoms with Gasteiger partial charge in [-0.2, -0.15) is 0 Å². The number of hydrogen-bond donors (Lipinski definition) is 1. The van der Waals surface area contributed by atoms with Gasteiger partial charge in [-0.1, -0.05) is 17.7 Å². The van der Waals surface area contributed by atoms with Crippen LogP contribution in [0, 0.1) is 0 Å². The molecule has 0 aliphatic rings. The van der Waals surface area contributed by atoms with Crippen LogP contribution in [-0.4, -0.2) is 15.0 Å². The first-order chi connectivity index (χ1) is 9.81. The van der Waals surface area contributed by atoms with E-state index >= 15 is 0 Å². The van der Waals surface area contributed by atoms with E-state index in [0.29, 0.717) is 10.8 Å². The third-order valence-electron chi connectivity index (χ3n) is 2.69. The lowest BCUT2D eigenvalue weighted by atomic mass is 10.2. The predicted octanol–water partition coefficient (Wildman–Crippen LogP) is 3.94. The van der Waals surface area contributed by atoms with Crippen LogP contribution in [0.5, 0.6) is 0 Å². The second-order valence-electron chi connectivity index (χ2n) is 4.17. The van der Waals surface area contributed by atoms with Crippen LogP contribution in [0.4, 0.5) is 11.5 Å². The molecule has 0 saturated heterocycles. The summed E-state index contributed by atoms with van der Waals surface area (Å²) in [5, 5.41) is 3.85. The van der Waals surface area contributed by atoms with Crippen molar-refractivity contribution in [3.8, 4) is 11.3 Å². The summed E-state index contributed by atoms with van der Waals surface area (Å²) in [6, 6.07) is 11.3. The fourth-order valence-electron chi connectivity index (χ4n) is 1.79. The van der Waals surface area contributed by atoms with Crippen molar-refractivity contribution < 1.29 is 0 Å². The Labute approximate surface area is 121 Å². The Morgan fingerprint density at radius 2 is 1.90 bits per heavy atom. The Hall–Kier alpha value is -2.46. The molecule has 0 unspecified atom stereocenters. The molecule has 4 nitrogen and oxygen atoms in total. The summed E-state index contributed by atoms with van der Waals surface area (Å²) in [6.45, 7) is 0. The van der Waals surface area contributed by atoms with Gasteiger partial charge in [0.2, 0.25) is 0 Å². The number of halogens is 1. The minimum Gasteiger partial charge on any atom is -0.339 e. The first-order valence-corrected chi connectivity index (χ1v) is 6.44. The Bertz CT molecular complexity index is 716. The van der Waals surface area contributed by atoms with Crippen LogP contribution in [0.2, 0.25) is 5.02 Å². The topological polar surface area (TPSA) is 50.7 Å². The van der Waals surface area contributed by atoms with Gasteiger partial charge in [0.05, 0.1) is 18.1 Å². The van der Waals surface area contributed by atoms with Gasteiger partial charge in [0, 0.05) is 28.7 Å². The number of benzene rings is 1. The Morgan fingerprint density at radius 3 is 2.70 bits per heavy atom. The molecule has 3 rings (SSSR count). The van der Waals surface area contributed by atoms with Crippen LogP contribution in [-0.2, 0) is 0 Å². The molecule has 0 amide bonds. The maximum atomic E-state index is 5.95. The van der Waals surface area contributed by atoms with E-state index in [0.717, 1.165) is 16.9 Å². The van der Waals surface area contributed by atoms with E-state index in [1.165, 1.54) is 0 Å². The first-order valence-electron chi connectivity index (χ1n) is 6.06. The lowest BCUT2D eigenvalue weighted by molar-refractivity contribution is 1.19. The maximum absolute atomic E-state index is 5.95. The van der Waals surface area contributed by atoms with Gasteiger partial charge in [-0.3, -0.25) is 9.97 Å². The summed E-state index contributed by atoms with van der Waals surface area (Å²) in [4.78, 5) is 12.8. The largest absolute Gasteiger partial charge is 0.339 e. The quantitative estimate of drug-likeness (QED) is 0.790. The van der Waals surface area contributed by atoms with Crippen LogP contribution in [0.25, 0.3) is 11.3 Å². The monoisotopic (exact) mass is 282 g/mol. The second kappa shape index (κ2) is 5.67. The van der Waals surface area contributed by atoms with Gasteiger partial charge in [-0.05, 0) is 30.3 Å². The van der Waals surface area contributed by atoms with Gasteiger partial charge in [-0.15, -0.1) is 0 Å². The van der Waals surface area contributed by atoms with Crippen molar-refractivity contribution in [2.24, 2.45) is 0 Å². The fraction of sp³-hybridized carbons (Fsp3) is 0. The summed E-state index contributed by atoms with van der Waals surface area (Å²) >= 11 is 5.95. The molecule has 0 bridgehead atoms. The van der Waals surface area contributed by atoms with Crippen molar-refractivity contribution in [2.45, 2.75) is 0 Å². The number of anilines is 2. The van der Waals surface area contributed by atoms with E-state index in [-0.39, 0.29) is 0 Å². The van der Waals surface area contributed by atoms with E-state index in [2.05, 4.69) is 20.3 Å². The highest BCUT2D eigenvalue weighted by Crippen LogP contribution is 2.21. The standard InChI is InChI=1S/C15H11ClN4/c16-12-4-1-5-13(7-12)19-15-10-18-9-14(20-15)11-3-2-6-17-8-11/h1-10H,(H,19,20). The Kier molecular flexibility index (Phi) is 3.56. The smallest absolute Gasteiger partial charge is 0.149 e. The highest BCUT2D eigenvalue weighted by atomic mass is 35.5. The van der Waals surface area contributed by atoms with E-state index in [1.807, 2.05) is 36.4 Å². The van der Waals surface area contributed by atoms with Crippen molar-refractivity contribution in [1.82, 2.24) is 15.0 Å². The summed E-state index contributed by atoms with van der Waals surface area (Å²) < 4.78 is 0. The molecule has 20 heavy (non-hydrogen) atoms. The molecule has 0 radical (unpaired) electrons. The highest BCUT2D eigenvalue weighted by molar-refractivity contribution is 6.30. The van der Waals surface area contributed by atoms with Gasteiger partial charge in [0.15, 0.2) is 0 Å². The molecular weight excluding hydrogens is 272 g/mol. The molecule has 5 heteroatoms. The molecule has 0 aliphatic heterocycles. The highest BCUT2D eigenvalue weighted by Gasteiger charge is 2.02. The average molecular weight is 283 g/mol. The minimum absolute atomic E-state index is 0.661. The summed E-state index contributed by atoms with van der Waals surface area (Å²) in [5.41, 5.74) is 2.56. The average Bonchev–Trinajstić information content (AvgIpc) is 2.48. The number of rotatable bonds is 3. The third kappa shape index (κ3) is 2.92. The molecule has 98 valence electrons. The van der Waals surface area contributed by atoms with Crippen molar-refractivity contribution in [1.29, 1.82) is 0 Å². The van der Waals surface area contributed by atoms with Gasteiger partial charge in [0.1, 0.15) is 5.82 Å². The number of hydrogen-bond acceptors (Lipinski definition) is 4. The molecule has 2 aromatic heterocycles. The molecule has 0 spiro atoms. The minimum atomic E-state index is 0.661. The van der Waals surface area contributed by atoms with E-state index < -0.39 is 0 Å². The Balaban J connectivity index is 1.88. The molecule has 0 aliphatic carbocycles. The summed E-state index contributed by atoms with van der Waals surface area (Å²) in [6.07, 6.45) is 6.86. The second-order valence-corrected chi connectivity index (χ2v) is 4.60. The molecule has 0 atom stereocenters. The molecule has 2 heterocycles. The molecular formula is C15H11ClN4. The molecule has 1 aromatic carbocycles. The van der Waals surface area contributed by atoms with E-state index in [9.17, 15) is 0 Å². The van der Waals surface area contributed by atoms with Crippen LogP contribution >= 0.6 is 11.6 Å². The number of aromatic nitrogens is 3. The zero-order valence-corrected chi connectivity index (χ0v) is 11.2. The zero-order valence-electron chi connectivity index (χ0n) is 10.5. The molecule has 0 saturated carbocycles. The fourth-order valence-corrected chi connectivity index (χ4v) is 1.98. The maximum Gasteiger partial charge on any atom is 0.149 e. The van der Waals surface area contributed by atoms with Crippen molar-refractivity contribution in [3.63, 3.8) is 0 Å². The predicted molar refractivity (Wildman–Crippen MR) is 80.0 cm³/mol. The first kappa shape index (κ1) is 12.6. The van der Waals surface area contributed by atoms with Gasteiger partial charge < -0.3 is 5.32 Å². The van der Waals surface area contributed by atoms with Crippen molar-refractivity contribution in [3.05, 3.63) is 66.2 Å². The summed E-state index contributed by atoms with van der Waals surface area (Å²) in [7, 11) is 0. The number of nitrogens with one attached hydrogen (secondary N) is 1. The molecule has 3 aromatic rings. The van der Waals surface area contributed by atoms with Gasteiger partial charge in [0.25, 0.3) is 0 Å². The van der Waals surface area contributed by atoms with Crippen LogP contribution in [0.3, 0.4) is 0 Å². The van der Waals surface area contributed by atoms with Crippen molar-refractivity contribution >= 4 is 23.1 Å². The molecule has 1 N–H and O–H groups in total. The lowest BCUT2D eigenvalue weighted by Gasteiger charge is -2.07. The third-order valence-corrected chi connectivity index (χ3v) is 2.92. The lowest BCUT2D eigenvalue weighted by Crippen LogP contribution is -1.96. The van der Waals surface area contributed by atoms with Gasteiger partial charge in [-0.25, -0.2) is 4.98 Å². The van der Waals surface area contributed by atoms with Crippen LogP contribution in [0.15, 0.2) is 61.2 Å². The van der Waals surface area contributed by atoms with Crippen LogP contribution < -0.4 is 5.32 Å². The number of pyridine rings is 1. The Morgan fingerprint density at radius 1 is 0.950 bits per heavy atom. The normalized spacial score (nSPS) is 10.2. The SMILES string of the molecule is Clc1cccc(Nc2cncc(-c3cccnc3)n2)c1.